The zero-order valence-corrected chi connectivity index (χ0v) is 10.1. The van der Waals surface area contributed by atoms with E-state index in [4.69, 9.17) is 4.74 Å². The smallest absolute Gasteiger partial charge is 0.329 e. The zero-order valence-electron chi connectivity index (χ0n) is 10.1. The fourth-order valence-electron chi connectivity index (χ4n) is 1.48. The Balaban J connectivity index is 2.34. The molecule has 2 N–H and O–H groups in total. The highest BCUT2D eigenvalue weighted by Gasteiger charge is 2.01. The molecule has 0 unspecified atom stereocenters. The van der Waals surface area contributed by atoms with Crippen molar-refractivity contribution in [1.82, 2.24) is 9.55 Å². The minimum absolute atomic E-state index is 0.344. The fourth-order valence-corrected chi connectivity index (χ4v) is 1.48. The van der Waals surface area contributed by atoms with E-state index in [-0.39, 0.29) is 5.56 Å². The average molecular weight is 247 g/mol. The number of methoxy groups -OCH3 is 1. The Labute approximate surface area is 103 Å². The summed E-state index contributed by atoms with van der Waals surface area (Å²) in [6.45, 7) is 0. The van der Waals surface area contributed by atoms with E-state index < -0.39 is 5.69 Å². The molecule has 94 valence electrons. The summed E-state index contributed by atoms with van der Waals surface area (Å²) in [6, 6.07) is 8.49. The first-order valence-electron chi connectivity index (χ1n) is 5.31. The maximum atomic E-state index is 11.5. The van der Waals surface area contributed by atoms with Crippen LogP contribution in [0.25, 0.3) is 0 Å². The van der Waals surface area contributed by atoms with Gasteiger partial charge >= 0.3 is 5.69 Å². The lowest BCUT2D eigenvalue weighted by molar-refractivity contribution is 0.415. The van der Waals surface area contributed by atoms with Gasteiger partial charge in [-0.15, -0.1) is 0 Å². The van der Waals surface area contributed by atoms with Crippen molar-refractivity contribution < 1.29 is 4.74 Å². The SMILES string of the molecule is COc1cccc(Nc2cc(=O)n(C)c(=O)[nH]2)c1. The first kappa shape index (κ1) is 12.0. The molecule has 0 aliphatic carbocycles. The summed E-state index contributed by atoms with van der Waals surface area (Å²) < 4.78 is 6.08. The van der Waals surface area contributed by atoms with E-state index in [1.807, 2.05) is 0 Å². The summed E-state index contributed by atoms with van der Waals surface area (Å²) in [4.78, 5) is 25.4. The maximum Gasteiger partial charge on any atom is 0.329 e. The van der Waals surface area contributed by atoms with Crippen LogP contribution in [0.2, 0.25) is 0 Å². The topological polar surface area (TPSA) is 76.1 Å². The van der Waals surface area contributed by atoms with Crippen LogP contribution in [0.5, 0.6) is 5.75 Å². The molecule has 0 aliphatic heterocycles. The van der Waals surface area contributed by atoms with E-state index in [2.05, 4.69) is 10.3 Å². The number of H-pyrrole nitrogens is 1. The van der Waals surface area contributed by atoms with Crippen LogP contribution in [0.4, 0.5) is 11.5 Å². The van der Waals surface area contributed by atoms with Crippen LogP contribution in [0, 0.1) is 0 Å². The van der Waals surface area contributed by atoms with Crippen LogP contribution in [-0.4, -0.2) is 16.7 Å². The summed E-state index contributed by atoms with van der Waals surface area (Å²) in [7, 11) is 2.98. The molecule has 0 spiro atoms. The Bertz CT molecular complexity index is 642. The van der Waals surface area contributed by atoms with Crippen LogP contribution in [-0.2, 0) is 7.05 Å². The Hall–Kier alpha value is -2.50. The molecule has 0 aliphatic rings. The molecule has 6 nitrogen and oxygen atoms in total. The third kappa shape index (κ3) is 2.42. The van der Waals surface area contributed by atoms with Gasteiger partial charge in [0.05, 0.1) is 7.11 Å². The van der Waals surface area contributed by atoms with Crippen LogP contribution >= 0.6 is 0 Å². The Morgan fingerprint density at radius 1 is 1.28 bits per heavy atom. The Morgan fingerprint density at radius 2 is 2.06 bits per heavy atom. The molecule has 1 aromatic heterocycles. The quantitative estimate of drug-likeness (QED) is 0.842. The molecule has 2 aromatic rings. The maximum absolute atomic E-state index is 11.5. The van der Waals surface area contributed by atoms with Crippen molar-refractivity contribution in [2.45, 2.75) is 0 Å². The van der Waals surface area contributed by atoms with Gasteiger partial charge in [-0.3, -0.25) is 14.3 Å². The third-order valence-corrected chi connectivity index (χ3v) is 2.49. The van der Waals surface area contributed by atoms with E-state index >= 15 is 0 Å². The van der Waals surface area contributed by atoms with Gasteiger partial charge in [-0.05, 0) is 12.1 Å². The lowest BCUT2D eigenvalue weighted by atomic mass is 10.3. The van der Waals surface area contributed by atoms with Gasteiger partial charge in [0, 0.05) is 24.9 Å². The number of nitrogens with zero attached hydrogens (tertiary/aromatic N) is 1. The normalized spacial score (nSPS) is 10.1. The monoisotopic (exact) mass is 247 g/mol. The molecule has 1 heterocycles. The number of rotatable bonds is 3. The highest BCUT2D eigenvalue weighted by Crippen LogP contribution is 2.18. The first-order chi connectivity index (χ1) is 8.60. The van der Waals surface area contributed by atoms with Crippen LogP contribution in [0.3, 0.4) is 0 Å². The van der Waals surface area contributed by atoms with Crippen molar-refractivity contribution in [2.75, 3.05) is 12.4 Å². The van der Waals surface area contributed by atoms with Crippen molar-refractivity contribution in [2.24, 2.45) is 7.05 Å². The Morgan fingerprint density at radius 3 is 2.72 bits per heavy atom. The van der Waals surface area contributed by atoms with Crippen LogP contribution < -0.4 is 21.3 Å². The number of anilines is 2. The second-order valence-corrected chi connectivity index (χ2v) is 3.74. The number of ether oxygens (including phenoxy) is 1. The van der Waals surface area contributed by atoms with Gasteiger partial charge in [0.15, 0.2) is 0 Å². The van der Waals surface area contributed by atoms with E-state index in [9.17, 15) is 9.59 Å². The first-order valence-corrected chi connectivity index (χ1v) is 5.31. The lowest BCUT2D eigenvalue weighted by Crippen LogP contribution is -2.32. The number of nitrogens with one attached hydrogen (secondary N) is 2. The minimum atomic E-state index is -0.465. The highest BCUT2D eigenvalue weighted by atomic mass is 16.5. The number of aromatic amines is 1. The zero-order chi connectivity index (χ0) is 13.1. The average Bonchev–Trinajstić information content (AvgIpc) is 2.36. The van der Waals surface area contributed by atoms with Gasteiger partial charge in [-0.2, -0.15) is 0 Å². The summed E-state index contributed by atoms with van der Waals surface area (Å²) in [5, 5.41) is 2.94. The van der Waals surface area contributed by atoms with Gasteiger partial charge < -0.3 is 10.1 Å². The largest absolute Gasteiger partial charge is 0.497 e. The molecule has 6 heteroatoms. The van der Waals surface area contributed by atoms with Crippen LogP contribution in [0.1, 0.15) is 0 Å². The summed E-state index contributed by atoms with van der Waals surface area (Å²) >= 11 is 0. The molecule has 0 bridgehead atoms. The number of hydrogen-bond acceptors (Lipinski definition) is 4. The van der Waals surface area contributed by atoms with Gasteiger partial charge in [-0.25, -0.2) is 4.79 Å². The second-order valence-electron chi connectivity index (χ2n) is 3.74. The van der Waals surface area contributed by atoms with Crippen molar-refractivity contribution in [3.63, 3.8) is 0 Å². The molecule has 2 rings (SSSR count). The summed E-state index contributed by atoms with van der Waals surface area (Å²) in [5.74, 6) is 1.03. The van der Waals surface area contributed by atoms with E-state index in [1.165, 1.54) is 13.1 Å². The van der Waals surface area contributed by atoms with E-state index in [0.717, 1.165) is 10.3 Å². The molecule has 18 heavy (non-hydrogen) atoms. The fraction of sp³-hybridized carbons (Fsp3) is 0.167. The summed E-state index contributed by atoms with van der Waals surface area (Å²) in [5.41, 5.74) is -0.115. The molecule has 0 saturated carbocycles. The number of hydrogen-bond donors (Lipinski definition) is 2. The van der Waals surface area contributed by atoms with E-state index in [1.54, 1.807) is 31.4 Å². The van der Waals surface area contributed by atoms with Gasteiger partial charge in [0.25, 0.3) is 5.56 Å². The van der Waals surface area contributed by atoms with Crippen molar-refractivity contribution in [3.8, 4) is 5.75 Å². The van der Waals surface area contributed by atoms with Crippen molar-refractivity contribution in [1.29, 1.82) is 0 Å². The Kier molecular flexibility index (Phi) is 3.18. The molecule has 0 saturated heterocycles. The lowest BCUT2D eigenvalue weighted by Gasteiger charge is -2.07. The minimum Gasteiger partial charge on any atom is -0.497 e. The van der Waals surface area contributed by atoms with E-state index in [0.29, 0.717) is 11.6 Å². The molecular weight excluding hydrogens is 234 g/mol. The number of benzene rings is 1. The van der Waals surface area contributed by atoms with Crippen molar-refractivity contribution in [3.05, 3.63) is 51.2 Å². The predicted octanol–water partition coefficient (Wildman–Crippen LogP) is 0.826. The van der Waals surface area contributed by atoms with Gasteiger partial charge in [0.2, 0.25) is 0 Å². The molecule has 0 atom stereocenters. The molecule has 0 radical (unpaired) electrons. The van der Waals surface area contributed by atoms with Gasteiger partial charge in [0.1, 0.15) is 11.6 Å². The third-order valence-electron chi connectivity index (χ3n) is 2.49. The van der Waals surface area contributed by atoms with Crippen molar-refractivity contribution >= 4 is 11.5 Å². The second kappa shape index (κ2) is 4.79. The standard InChI is InChI=1S/C12H13N3O3/c1-15-11(16)7-10(14-12(15)17)13-8-4-3-5-9(6-8)18-2/h3-7,13H,1-2H3,(H,14,17). The molecular formula is C12H13N3O3. The van der Waals surface area contributed by atoms with Gasteiger partial charge in [-0.1, -0.05) is 6.07 Å². The molecule has 0 fully saturated rings. The number of aromatic nitrogens is 2. The highest BCUT2D eigenvalue weighted by molar-refractivity contribution is 5.57. The van der Waals surface area contributed by atoms with Crippen LogP contribution in [0.15, 0.2) is 39.9 Å². The molecule has 1 aromatic carbocycles. The summed E-state index contributed by atoms with van der Waals surface area (Å²) in [6.07, 6.45) is 0. The predicted molar refractivity (Wildman–Crippen MR) is 68.6 cm³/mol. The molecule has 0 amide bonds.